The number of ether oxygens (including phenoxy) is 2. The Morgan fingerprint density at radius 3 is 2.15 bits per heavy atom. The molecule has 0 fully saturated rings. The lowest BCUT2D eigenvalue weighted by Crippen LogP contribution is -1.95. The number of carbonyl (C=O) groups excluding carboxylic acids is 1. The molecule has 13 heavy (non-hydrogen) atoms. The summed E-state index contributed by atoms with van der Waals surface area (Å²) < 4.78 is 9.26. The normalized spacial score (nSPS) is 8.38. The van der Waals surface area contributed by atoms with E-state index in [1.54, 1.807) is 6.92 Å². The SMILES string of the molecule is C=COCC(C)C.CCOC(C)=O. The average molecular weight is 188 g/mol. The van der Waals surface area contributed by atoms with Crippen molar-refractivity contribution in [1.82, 2.24) is 0 Å². The quantitative estimate of drug-likeness (QED) is 0.502. The second-order valence-corrected chi connectivity index (χ2v) is 2.82. The molecule has 0 spiro atoms. The maximum absolute atomic E-state index is 9.82. The molecule has 0 aliphatic heterocycles. The summed E-state index contributed by atoms with van der Waals surface area (Å²) in [4.78, 5) is 9.82. The Hall–Kier alpha value is -0.990. The molecule has 3 heteroatoms. The molecule has 0 unspecified atom stereocenters. The van der Waals surface area contributed by atoms with Crippen LogP contribution in [0.25, 0.3) is 0 Å². The zero-order valence-corrected chi connectivity index (χ0v) is 9.00. The van der Waals surface area contributed by atoms with Crippen molar-refractivity contribution in [3.63, 3.8) is 0 Å². The minimum Gasteiger partial charge on any atom is -0.502 e. The van der Waals surface area contributed by atoms with Crippen LogP contribution in [-0.2, 0) is 14.3 Å². The molecule has 0 heterocycles. The van der Waals surface area contributed by atoms with Crippen LogP contribution in [-0.4, -0.2) is 19.2 Å². The molecule has 0 bridgehead atoms. The molecule has 0 amide bonds. The molecule has 0 aliphatic carbocycles. The molecule has 0 rings (SSSR count). The predicted octanol–water partition coefficient (Wildman–Crippen LogP) is 2.37. The third kappa shape index (κ3) is 24.7. The highest BCUT2D eigenvalue weighted by Crippen LogP contribution is 1.90. The summed E-state index contributed by atoms with van der Waals surface area (Å²) in [7, 11) is 0. The van der Waals surface area contributed by atoms with Crippen molar-refractivity contribution in [3.05, 3.63) is 12.8 Å². The first kappa shape index (κ1) is 14.5. The van der Waals surface area contributed by atoms with Gasteiger partial charge >= 0.3 is 5.97 Å². The second kappa shape index (κ2) is 11.0. The summed E-state index contributed by atoms with van der Waals surface area (Å²) in [6.45, 7) is 12.0. The maximum Gasteiger partial charge on any atom is 0.302 e. The van der Waals surface area contributed by atoms with Crippen LogP contribution in [0.15, 0.2) is 12.8 Å². The molecule has 0 N–H and O–H groups in total. The Bertz CT molecular complexity index is 130. The Balaban J connectivity index is 0. The first-order chi connectivity index (χ1) is 6.04. The van der Waals surface area contributed by atoms with Gasteiger partial charge in [0.05, 0.1) is 19.5 Å². The number of esters is 1. The van der Waals surface area contributed by atoms with E-state index >= 15 is 0 Å². The van der Waals surface area contributed by atoms with E-state index in [1.807, 2.05) is 0 Å². The van der Waals surface area contributed by atoms with E-state index in [9.17, 15) is 4.79 Å². The highest BCUT2D eigenvalue weighted by molar-refractivity contribution is 5.65. The lowest BCUT2D eigenvalue weighted by Gasteiger charge is -2.00. The van der Waals surface area contributed by atoms with Crippen LogP contribution in [0.4, 0.5) is 0 Å². The molecular formula is C10H20O3. The van der Waals surface area contributed by atoms with Gasteiger partial charge in [0, 0.05) is 6.92 Å². The Morgan fingerprint density at radius 2 is 2.08 bits per heavy atom. The Kier molecular flexibility index (Phi) is 12.3. The van der Waals surface area contributed by atoms with Crippen molar-refractivity contribution in [2.75, 3.05) is 13.2 Å². The van der Waals surface area contributed by atoms with Gasteiger partial charge in [0.15, 0.2) is 0 Å². The fraction of sp³-hybridized carbons (Fsp3) is 0.700. The number of carbonyl (C=O) groups is 1. The van der Waals surface area contributed by atoms with Gasteiger partial charge in [-0.1, -0.05) is 20.4 Å². The molecule has 0 atom stereocenters. The number of hydrogen-bond acceptors (Lipinski definition) is 3. The topological polar surface area (TPSA) is 35.5 Å². The van der Waals surface area contributed by atoms with Crippen LogP contribution in [0.5, 0.6) is 0 Å². The Morgan fingerprint density at radius 1 is 1.54 bits per heavy atom. The first-order valence-corrected chi connectivity index (χ1v) is 4.40. The lowest BCUT2D eigenvalue weighted by molar-refractivity contribution is -0.140. The summed E-state index contributed by atoms with van der Waals surface area (Å²) in [5.74, 6) is 0.399. The van der Waals surface area contributed by atoms with E-state index in [4.69, 9.17) is 4.74 Å². The van der Waals surface area contributed by atoms with Gasteiger partial charge in [-0.05, 0) is 12.8 Å². The number of rotatable bonds is 4. The Labute approximate surface area is 80.7 Å². The zero-order chi connectivity index (χ0) is 10.7. The standard InChI is InChI=1S/C6H12O.C4H8O2/c1-4-7-5-6(2)3;1-3-6-4(2)5/h4,6H,1,5H2,2-3H3;3H2,1-2H3. The van der Waals surface area contributed by atoms with Crippen LogP contribution in [0, 0.1) is 5.92 Å². The van der Waals surface area contributed by atoms with Crippen molar-refractivity contribution in [3.8, 4) is 0 Å². The average Bonchev–Trinajstić information content (AvgIpc) is 2.01. The monoisotopic (exact) mass is 188 g/mol. The fourth-order valence-corrected chi connectivity index (χ4v) is 0.464. The number of hydrogen-bond donors (Lipinski definition) is 0. The van der Waals surface area contributed by atoms with E-state index in [1.165, 1.54) is 13.2 Å². The molecule has 0 aromatic carbocycles. The van der Waals surface area contributed by atoms with E-state index in [0.29, 0.717) is 12.5 Å². The van der Waals surface area contributed by atoms with Crippen LogP contribution < -0.4 is 0 Å². The maximum atomic E-state index is 9.82. The van der Waals surface area contributed by atoms with Crippen molar-refractivity contribution in [2.45, 2.75) is 27.7 Å². The van der Waals surface area contributed by atoms with E-state index < -0.39 is 0 Å². The van der Waals surface area contributed by atoms with Crippen molar-refractivity contribution in [2.24, 2.45) is 5.92 Å². The summed E-state index contributed by atoms with van der Waals surface area (Å²) >= 11 is 0. The van der Waals surface area contributed by atoms with Crippen LogP contribution in [0.1, 0.15) is 27.7 Å². The molecule has 0 aliphatic rings. The smallest absolute Gasteiger partial charge is 0.302 e. The molecular weight excluding hydrogens is 168 g/mol. The molecule has 0 radical (unpaired) electrons. The lowest BCUT2D eigenvalue weighted by atomic mass is 10.2. The molecule has 0 saturated heterocycles. The first-order valence-electron chi connectivity index (χ1n) is 4.40. The van der Waals surface area contributed by atoms with Gasteiger partial charge in [-0.2, -0.15) is 0 Å². The summed E-state index contributed by atoms with van der Waals surface area (Å²) in [6.07, 6.45) is 1.47. The minimum atomic E-state index is -0.211. The van der Waals surface area contributed by atoms with Gasteiger partial charge in [-0.25, -0.2) is 0 Å². The molecule has 0 saturated carbocycles. The van der Waals surface area contributed by atoms with Crippen LogP contribution in [0.2, 0.25) is 0 Å². The van der Waals surface area contributed by atoms with E-state index in [0.717, 1.165) is 6.61 Å². The second-order valence-electron chi connectivity index (χ2n) is 2.82. The van der Waals surface area contributed by atoms with Crippen molar-refractivity contribution in [1.29, 1.82) is 0 Å². The molecule has 3 nitrogen and oxygen atoms in total. The highest BCUT2D eigenvalue weighted by Gasteiger charge is 1.87. The summed E-state index contributed by atoms with van der Waals surface area (Å²) in [6, 6.07) is 0. The van der Waals surface area contributed by atoms with Crippen molar-refractivity contribution >= 4 is 5.97 Å². The van der Waals surface area contributed by atoms with Gasteiger partial charge in [0.1, 0.15) is 0 Å². The summed E-state index contributed by atoms with van der Waals surface area (Å²) in [5.41, 5.74) is 0. The van der Waals surface area contributed by atoms with Gasteiger partial charge in [-0.3, -0.25) is 4.79 Å². The van der Waals surface area contributed by atoms with Crippen LogP contribution >= 0.6 is 0 Å². The van der Waals surface area contributed by atoms with E-state index in [2.05, 4.69) is 25.2 Å². The van der Waals surface area contributed by atoms with E-state index in [-0.39, 0.29) is 5.97 Å². The van der Waals surface area contributed by atoms with Crippen molar-refractivity contribution < 1.29 is 14.3 Å². The predicted molar refractivity (Wildman–Crippen MR) is 53.3 cm³/mol. The largest absolute Gasteiger partial charge is 0.502 e. The zero-order valence-electron chi connectivity index (χ0n) is 9.00. The molecule has 78 valence electrons. The van der Waals surface area contributed by atoms with Crippen LogP contribution in [0.3, 0.4) is 0 Å². The molecule has 0 aromatic rings. The third-order valence-corrected chi connectivity index (χ3v) is 0.895. The fourth-order valence-electron chi connectivity index (χ4n) is 0.464. The van der Waals surface area contributed by atoms with Gasteiger partial charge in [-0.15, -0.1) is 0 Å². The van der Waals surface area contributed by atoms with Gasteiger partial charge in [0.2, 0.25) is 0 Å². The highest BCUT2D eigenvalue weighted by atomic mass is 16.5. The summed E-state index contributed by atoms with van der Waals surface area (Å²) in [5, 5.41) is 0. The third-order valence-electron chi connectivity index (χ3n) is 0.895. The molecule has 0 aromatic heterocycles. The minimum absolute atomic E-state index is 0.211. The van der Waals surface area contributed by atoms with Gasteiger partial charge in [0.25, 0.3) is 0 Å². The van der Waals surface area contributed by atoms with Gasteiger partial charge < -0.3 is 9.47 Å².